The van der Waals surface area contributed by atoms with Crippen molar-refractivity contribution in [3.05, 3.63) is 54.0 Å². The number of nitrogens with zero attached hydrogens (tertiary/aromatic N) is 1. The molecule has 3 aromatic rings. The summed E-state index contributed by atoms with van der Waals surface area (Å²) in [4.78, 5) is 39.9. The Labute approximate surface area is 161 Å². The van der Waals surface area contributed by atoms with E-state index >= 15 is 0 Å². The van der Waals surface area contributed by atoms with Gasteiger partial charge < -0.3 is 5.11 Å². The van der Waals surface area contributed by atoms with Crippen molar-refractivity contribution in [3.63, 3.8) is 0 Å². The Balaban J connectivity index is 2.20. The van der Waals surface area contributed by atoms with Gasteiger partial charge in [-0.1, -0.05) is 29.3 Å². The van der Waals surface area contributed by atoms with Gasteiger partial charge >= 0.3 is 11.7 Å². The number of hydrogen-bond donors (Lipinski definition) is 2. The molecule has 9 heteroatoms. The highest BCUT2D eigenvalue weighted by molar-refractivity contribution is 7.19. The quantitative estimate of drug-likeness (QED) is 0.664. The van der Waals surface area contributed by atoms with E-state index in [1.807, 2.05) is 6.92 Å². The Hall–Kier alpha value is -2.09. The van der Waals surface area contributed by atoms with Gasteiger partial charge in [0.1, 0.15) is 4.83 Å². The first-order valence-corrected chi connectivity index (χ1v) is 9.30. The van der Waals surface area contributed by atoms with E-state index in [1.54, 1.807) is 18.2 Å². The SMILES string of the molecule is Cc1sc2[nH]c(=O)n(CCCC(=O)O)c(=O)c2c1-c1ccc(Cl)c(Cl)c1. The van der Waals surface area contributed by atoms with Crippen molar-refractivity contribution < 1.29 is 9.90 Å². The molecule has 0 bridgehead atoms. The number of carbonyl (C=O) groups is 1. The third kappa shape index (κ3) is 3.42. The van der Waals surface area contributed by atoms with Crippen molar-refractivity contribution in [2.45, 2.75) is 26.3 Å². The normalized spacial score (nSPS) is 11.2. The molecule has 2 N–H and O–H groups in total. The highest BCUT2D eigenvalue weighted by Crippen LogP contribution is 2.37. The Morgan fingerprint density at radius 1 is 1.27 bits per heavy atom. The van der Waals surface area contributed by atoms with Gasteiger partial charge in [-0.15, -0.1) is 11.3 Å². The van der Waals surface area contributed by atoms with Gasteiger partial charge in [-0.25, -0.2) is 4.79 Å². The average molecular weight is 413 g/mol. The predicted molar refractivity (Wildman–Crippen MR) is 104 cm³/mol. The molecular formula is C17H14Cl2N2O4S. The second kappa shape index (κ2) is 7.26. The van der Waals surface area contributed by atoms with Crippen LogP contribution in [0.15, 0.2) is 27.8 Å². The van der Waals surface area contributed by atoms with Crippen LogP contribution in [0.25, 0.3) is 21.3 Å². The molecule has 2 heterocycles. The highest BCUT2D eigenvalue weighted by atomic mass is 35.5. The molecule has 0 radical (unpaired) electrons. The van der Waals surface area contributed by atoms with E-state index in [-0.39, 0.29) is 19.4 Å². The molecule has 0 fully saturated rings. The molecular weight excluding hydrogens is 399 g/mol. The van der Waals surface area contributed by atoms with Crippen molar-refractivity contribution in [3.8, 4) is 11.1 Å². The Morgan fingerprint density at radius 3 is 2.65 bits per heavy atom. The number of halogens is 2. The summed E-state index contributed by atoms with van der Waals surface area (Å²) in [5.74, 6) is -0.974. The molecule has 0 saturated carbocycles. The fourth-order valence-electron chi connectivity index (χ4n) is 2.82. The second-order valence-corrected chi connectivity index (χ2v) is 7.79. The standard InChI is InChI=1S/C17H14Cl2N2O4S/c1-8-13(9-4-5-10(18)11(19)7-9)14-15(26-8)20-17(25)21(16(14)24)6-2-3-12(22)23/h4-5,7H,2-3,6H2,1H3,(H,20,25)(H,22,23). The number of fused-ring (bicyclic) bond motifs is 1. The van der Waals surface area contributed by atoms with Gasteiger partial charge in [-0.05, 0) is 31.0 Å². The van der Waals surface area contributed by atoms with Gasteiger partial charge in [0.05, 0.1) is 15.4 Å². The van der Waals surface area contributed by atoms with E-state index in [0.717, 1.165) is 15.0 Å². The zero-order valence-corrected chi connectivity index (χ0v) is 16.0. The zero-order valence-electron chi connectivity index (χ0n) is 13.6. The van der Waals surface area contributed by atoms with Crippen LogP contribution < -0.4 is 11.2 Å². The molecule has 6 nitrogen and oxygen atoms in total. The maximum absolute atomic E-state index is 12.9. The lowest BCUT2D eigenvalue weighted by Crippen LogP contribution is -2.35. The smallest absolute Gasteiger partial charge is 0.329 e. The van der Waals surface area contributed by atoms with Crippen LogP contribution in [-0.2, 0) is 11.3 Å². The first kappa shape index (κ1) is 18.7. The molecule has 1 aromatic carbocycles. The topological polar surface area (TPSA) is 92.2 Å². The van der Waals surface area contributed by atoms with Crippen LogP contribution in [0.2, 0.25) is 10.0 Å². The Kier molecular flexibility index (Phi) is 5.22. The van der Waals surface area contributed by atoms with Gasteiger partial charge in [0, 0.05) is 23.4 Å². The van der Waals surface area contributed by atoms with Gasteiger partial charge in [0.15, 0.2) is 0 Å². The summed E-state index contributed by atoms with van der Waals surface area (Å²) in [5.41, 5.74) is 0.426. The number of aliphatic carboxylic acids is 1. The number of thiophene rings is 1. The number of H-pyrrole nitrogens is 1. The van der Waals surface area contributed by atoms with Crippen molar-refractivity contribution >= 4 is 50.7 Å². The number of aryl methyl sites for hydroxylation is 1. The maximum Gasteiger partial charge on any atom is 0.329 e. The van der Waals surface area contributed by atoms with Crippen molar-refractivity contribution in [2.75, 3.05) is 0 Å². The van der Waals surface area contributed by atoms with Crippen LogP contribution in [0.5, 0.6) is 0 Å². The van der Waals surface area contributed by atoms with E-state index in [9.17, 15) is 14.4 Å². The largest absolute Gasteiger partial charge is 0.481 e. The summed E-state index contributed by atoms with van der Waals surface area (Å²) in [5, 5.41) is 9.92. The molecule has 0 unspecified atom stereocenters. The molecule has 2 aromatic heterocycles. The molecule has 0 aliphatic carbocycles. The number of carboxylic acids is 1. The number of aromatic amines is 1. The molecule has 26 heavy (non-hydrogen) atoms. The van der Waals surface area contributed by atoms with Gasteiger partial charge in [-0.2, -0.15) is 0 Å². The van der Waals surface area contributed by atoms with Crippen LogP contribution in [-0.4, -0.2) is 20.6 Å². The third-order valence-electron chi connectivity index (χ3n) is 3.99. The van der Waals surface area contributed by atoms with Crippen molar-refractivity contribution in [1.29, 1.82) is 0 Å². The fourth-order valence-corrected chi connectivity index (χ4v) is 4.18. The van der Waals surface area contributed by atoms with Gasteiger partial charge in [-0.3, -0.25) is 19.1 Å². The zero-order chi connectivity index (χ0) is 19.0. The number of aromatic nitrogens is 2. The highest BCUT2D eigenvalue weighted by Gasteiger charge is 2.18. The summed E-state index contributed by atoms with van der Waals surface area (Å²) in [6, 6.07) is 5.10. The van der Waals surface area contributed by atoms with Crippen LogP contribution >= 0.6 is 34.5 Å². The Morgan fingerprint density at radius 2 is 2.00 bits per heavy atom. The van der Waals surface area contributed by atoms with E-state index in [2.05, 4.69) is 4.98 Å². The van der Waals surface area contributed by atoms with E-state index in [0.29, 0.717) is 25.8 Å². The monoisotopic (exact) mass is 412 g/mol. The lowest BCUT2D eigenvalue weighted by Gasteiger charge is -2.06. The summed E-state index contributed by atoms with van der Waals surface area (Å²) in [6.07, 6.45) is 0.0707. The minimum Gasteiger partial charge on any atom is -0.481 e. The molecule has 0 aliphatic heterocycles. The van der Waals surface area contributed by atoms with E-state index in [4.69, 9.17) is 28.3 Å². The minimum absolute atomic E-state index is 0.0338. The maximum atomic E-state index is 12.9. The van der Waals surface area contributed by atoms with Gasteiger partial charge in [0.2, 0.25) is 0 Å². The number of nitrogens with one attached hydrogen (secondary N) is 1. The van der Waals surface area contributed by atoms with Crippen molar-refractivity contribution in [1.82, 2.24) is 9.55 Å². The number of rotatable bonds is 5. The lowest BCUT2D eigenvalue weighted by atomic mass is 10.0. The summed E-state index contributed by atoms with van der Waals surface area (Å²) in [6.45, 7) is 1.89. The molecule has 0 amide bonds. The lowest BCUT2D eigenvalue weighted by molar-refractivity contribution is -0.137. The summed E-state index contributed by atoms with van der Waals surface area (Å²) >= 11 is 13.4. The predicted octanol–water partition coefficient (Wildman–Crippen LogP) is 3.90. The van der Waals surface area contributed by atoms with Crippen LogP contribution in [0, 0.1) is 6.92 Å². The fraction of sp³-hybridized carbons (Fsp3) is 0.235. The first-order chi connectivity index (χ1) is 12.3. The first-order valence-electron chi connectivity index (χ1n) is 7.73. The second-order valence-electron chi connectivity index (χ2n) is 5.75. The molecule has 0 aliphatic rings. The van der Waals surface area contributed by atoms with Crippen LogP contribution in [0.3, 0.4) is 0 Å². The van der Waals surface area contributed by atoms with Crippen LogP contribution in [0.4, 0.5) is 0 Å². The van der Waals surface area contributed by atoms with Crippen molar-refractivity contribution in [2.24, 2.45) is 0 Å². The average Bonchev–Trinajstić information content (AvgIpc) is 2.89. The van der Waals surface area contributed by atoms with Gasteiger partial charge in [0.25, 0.3) is 5.56 Å². The number of hydrogen-bond acceptors (Lipinski definition) is 4. The third-order valence-corrected chi connectivity index (χ3v) is 5.75. The molecule has 3 rings (SSSR count). The van der Waals surface area contributed by atoms with E-state index < -0.39 is 17.2 Å². The molecule has 0 atom stereocenters. The minimum atomic E-state index is -0.974. The molecule has 0 saturated heterocycles. The van der Waals surface area contributed by atoms with E-state index in [1.165, 1.54) is 11.3 Å². The summed E-state index contributed by atoms with van der Waals surface area (Å²) < 4.78 is 1.04. The molecule has 0 spiro atoms. The number of carboxylic acid groups (broad SMARTS) is 1. The Bertz CT molecular complexity index is 1130. The summed E-state index contributed by atoms with van der Waals surface area (Å²) in [7, 11) is 0. The van der Waals surface area contributed by atoms with Crippen LogP contribution in [0.1, 0.15) is 17.7 Å². The number of benzene rings is 1. The molecule has 136 valence electrons.